The van der Waals surface area contributed by atoms with Gasteiger partial charge in [0.15, 0.2) is 0 Å². The normalized spacial score (nSPS) is 14.6. The molecule has 6 heteroatoms. The molecule has 1 saturated carbocycles. The Balaban J connectivity index is 1.76. The minimum atomic E-state index is -0.989. The van der Waals surface area contributed by atoms with Gasteiger partial charge in [-0.25, -0.2) is 4.79 Å². The Kier molecular flexibility index (Phi) is 6.42. The Morgan fingerprint density at radius 2 is 1.83 bits per heavy atom. The van der Waals surface area contributed by atoms with Crippen molar-refractivity contribution in [1.29, 1.82) is 0 Å². The highest BCUT2D eigenvalue weighted by Gasteiger charge is 2.28. The van der Waals surface area contributed by atoms with Gasteiger partial charge < -0.3 is 9.84 Å². The van der Waals surface area contributed by atoms with Crippen LogP contribution in [0.2, 0.25) is 0 Å². The van der Waals surface area contributed by atoms with Crippen molar-refractivity contribution in [1.82, 2.24) is 10.2 Å². The average molecular weight is 483 g/mol. The Morgan fingerprint density at radius 3 is 2.47 bits per heavy atom. The first-order valence-corrected chi connectivity index (χ1v) is 12.0. The highest BCUT2D eigenvalue weighted by Crippen LogP contribution is 2.46. The maximum Gasteiger partial charge on any atom is 0.328 e. The van der Waals surface area contributed by atoms with Crippen LogP contribution in [0.4, 0.5) is 4.39 Å². The van der Waals surface area contributed by atoms with Gasteiger partial charge in [-0.15, -0.1) is 5.10 Å². The zero-order valence-corrected chi connectivity index (χ0v) is 20.2. The lowest BCUT2D eigenvalue weighted by Gasteiger charge is -2.32. The van der Waals surface area contributed by atoms with Gasteiger partial charge in [0.1, 0.15) is 5.75 Å². The van der Waals surface area contributed by atoms with Gasteiger partial charge >= 0.3 is 5.97 Å². The van der Waals surface area contributed by atoms with Crippen LogP contribution in [0.25, 0.3) is 28.1 Å². The number of aromatic amines is 1. The summed E-state index contributed by atoms with van der Waals surface area (Å²) in [5.41, 5.74) is 7.89. The lowest BCUT2D eigenvalue weighted by Crippen LogP contribution is -2.16. The molecule has 1 aliphatic rings. The molecular weight excluding hydrogens is 455 g/mol. The smallest absolute Gasteiger partial charge is 0.328 e. The van der Waals surface area contributed by atoms with Gasteiger partial charge in [-0.05, 0) is 95.0 Å². The standard InChI is InChI=1S/C30H27FN2O3/c1-18-16-23(36-2)12-13-24(18)29(20-4-3-5-20)28(21-9-6-19(7-10-21)8-15-27(34)35)22-11-14-26-25(17-22)30(31)33-32-26/h6-17,20H,3-5H2,1-2H3,(H,32,33)(H,34,35)/b15-8+,29-28+. The monoisotopic (exact) mass is 482 g/mol. The number of nitrogens with one attached hydrogen (secondary N) is 1. The van der Waals surface area contributed by atoms with Crippen molar-refractivity contribution in [2.45, 2.75) is 26.2 Å². The molecular formula is C30H27FN2O3. The maximum absolute atomic E-state index is 14.5. The molecule has 0 radical (unpaired) electrons. The number of H-pyrrole nitrogens is 1. The van der Waals surface area contributed by atoms with Gasteiger partial charge in [0.25, 0.3) is 0 Å². The molecule has 0 atom stereocenters. The predicted molar refractivity (Wildman–Crippen MR) is 140 cm³/mol. The van der Waals surface area contributed by atoms with Crippen LogP contribution in [0.1, 0.15) is 47.1 Å². The zero-order chi connectivity index (χ0) is 25.2. The van der Waals surface area contributed by atoms with Crippen LogP contribution in [0.3, 0.4) is 0 Å². The highest BCUT2D eigenvalue weighted by atomic mass is 19.1. The first-order chi connectivity index (χ1) is 17.4. The molecule has 1 aromatic heterocycles. The molecule has 2 N–H and O–H groups in total. The number of carbonyl (C=O) groups is 1. The van der Waals surface area contributed by atoms with Gasteiger partial charge in [-0.2, -0.15) is 4.39 Å². The van der Waals surface area contributed by atoms with E-state index in [-0.39, 0.29) is 0 Å². The number of halogens is 1. The van der Waals surface area contributed by atoms with Gasteiger partial charge in [-0.3, -0.25) is 5.10 Å². The van der Waals surface area contributed by atoms with Crippen LogP contribution in [0.15, 0.2) is 66.7 Å². The van der Waals surface area contributed by atoms with Crippen LogP contribution in [0.5, 0.6) is 5.75 Å². The molecule has 0 bridgehead atoms. The number of hydrogen-bond donors (Lipinski definition) is 2. The molecule has 5 rings (SSSR count). The molecule has 36 heavy (non-hydrogen) atoms. The summed E-state index contributed by atoms with van der Waals surface area (Å²) in [4.78, 5) is 10.9. The third-order valence-corrected chi connectivity index (χ3v) is 6.93. The van der Waals surface area contributed by atoms with Crippen molar-refractivity contribution >= 4 is 34.1 Å². The number of aryl methyl sites for hydroxylation is 1. The summed E-state index contributed by atoms with van der Waals surface area (Å²) in [7, 11) is 1.66. The van der Waals surface area contributed by atoms with Gasteiger partial charge in [0.05, 0.1) is 18.0 Å². The maximum atomic E-state index is 14.5. The Bertz CT molecular complexity index is 1490. The van der Waals surface area contributed by atoms with E-state index >= 15 is 0 Å². The molecule has 1 aliphatic carbocycles. The molecule has 1 heterocycles. The Hall–Kier alpha value is -4.19. The molecule has 0 aliphatic heterocycles. The van der Waals surface area contributed by atoms with Crippen molar-refractivity contribution in [2.75, 3.05) is 7.11 Å². The van der Waals surface area contributed by atoms with Crippen molar-refractivity contribution in [3.63, 3.8) is 0 Å². The fourth-order valence-corrected chi connectivity index (χ4v) is 4.86. The van der Waals surface area contributed by atoms with E-state index < -0.39 is 11.9 Å². The summed E-state index contributed by atoms with van der Waals surface area (Å²) in [5, 5.41) is 15.9. The summed E-state index contributed by atoms with van der Waals surface area (Å²) >= 11 is 0. The SMILES string of the molecule is COc1ccc(/C(=C(\c2ccc(/C=C/C(=O)O)cc2)c2ccc3[nH]nc(F)c3c2)C2CCC2)c(C)c1. The van der Waals surface area contributed by atoms with E-state index in [0.29, 0.717) is 16.8 Å². The number of carboxylic acids is 1. The highest BCUT2D eigenvalue weighted by molar-refractivity contribution is 6.02. The number of aromatic nitrogens is 2. The van der Waals surface area contributed by atoms with Gasteiger partial charge in [-0.1, -0.05) is 42.8 Å². The second-order valence-electron chi connectivity index (χ2n) is 9.17. The molecule has 0 amide bonds. The van der Waals surface area contributed by atoms with Crippen LogP contribution >= 0.6 is 0 Å². The topological polar surface area (TPSA) is 75.2 Å². The fraction of sp³-hybridized carbons (Fsp3) is 0.200. The lowest BCUT2D eigenvalue weighted by molar-refractivity contribution is -0.131. The molecule has 3 aromatic carbocycles. The van der Waals surface area contributed by atoms with E-state index in [2.05, 4.69) is 23.2 Å². The molecule has 0 spiro atoms. The third-order valence-electron chi connectivity index (χ3n) is 6.93. The average Bonchev–Trinajstić information content (AvgIpc) is 3.22. The Labute approximate surface area is 208 Å². The summed E-state index contributed by atoms with van der Waals surface area (Å²) in [6.07, 6.45) is 6.05. The lowest BCUT2D eigenvalue weighted by atomic mass is 9.72. The number of hydrogen-bond acceptors (Lipinski definition) is 3. The summed E-state index contributed by atoms with van der Waals surface area (Å²) in [5.74, 6) is -0.325. The van der Waals surface area contributed by atoms with Crippen LogP contribution < -0.4 is 4.74 Å². The van der Waals surface area contributed by atoms with E-state index in [0.717, 1.165) is 58.1 Å². The number of fused-ring (bicyclic) bond motifs is 1. The molecule has 0 unspecified atom stereocenters. The van der Waals surface area contributed by atoms with Crippen LogP contribution in [0, 0.1) is 18.8 Å². The van der Waals surface area contributed by atoms with Gasteiger partial charge in [0.2, 0.25) is 5.95 Å². The number of benzene rings is 3. The second-order valence-corrected chi connectivity index (χ2v) is 9.17. The number of nitrogens with zero attached hydrogens (tertiary/aromatic N) is 1. The number of aliphatic carboxylic acids is 1. The summed E-state index contributed by atoms with van der Waals surface area (Å²) < 4.78 is 19.9. The van der Waals surface area contributed by atoms with Crippen LogP contribution in [-0.2, 0) is 4.79 Å². The van der Waals surface area contributed by atoms with Crippen molar-refractivity contribution < 1.29 is 19.0 Å². The minimum absolute atomic E-state index is 0.378. The minimum Gasteiger partial charge on any atom is -0.497 e. The number of carboxylic acid groups (broad SMARTS) is 1. The summed E-state index contributed by atoms with van der Waals surface area (Å²) in [6.45, 7) is 2.09. The zero-order valence-electron chi connectivity index (χ0n) is 20.2. The van der Waals surface area contributed by atoms with E-state index in [9.17, 15) is 9.18 Å². The van der Waals surface area contributed by atoms with E-state index in [1.807, 2.05) is 54.6 Å². The predicted octanol–water partition coefficient (Wildman–Crippen LogP) is 6.88. The fourth-order valence-electron chi connectivity index (χ4n) is 4.86. The number of ether oxygens (including phenoxy) is 1. The van der Waals surface area contributed by atoms with E-state index in [1.54, 1.807) is 13.2 Å². The number of allylic oxidation sites excluding steroid dienone is 1. The second kappa shape index (κ2) is 9.82. The Morgan fingerprint density at radius 1 is 1.08 bits per heavy atom. The molecule has 1 fully saturated rings. The van der Waals surface area contributed by atoms with Crippen LogP contribution in [-0.4, -0.2) is 28.4 Å². The quantitative estimate of drug-likeness (QED) is 0.222. The molecule has 5 nitrogen and oxygen atoms in total. The van der Waals surface area contributed by atoms with Crippen molar-refractivity contribution in [3.05, 3.63) is 101 Å². The first kappa shape index (κ1) is 23.5. The van der Waals surface area contributed by atoms with Crippen molar-refractivity contribution in [2.24, 2.45) is 5.92 Å². The van der Waals surface area contributed by atoms with E-state index in [1.165, 1.54) is 12.0 Å². The largest absolute Gasteiger partial charge is 0.497 e. The van der Waals surface area contributed by atoms with Gasteiger partial charge in [0, 0.05) is 6.08 Å². The first-order valence-electron chi connectivity index (χ1n) is 12.0. The number of methoxy groups -OCH3 is 1. The third kappa shape index (κ3) is 4.54. The molecule has 0 saturated heterocycles. The van der Waals surface area contributed by atoms with Crippen molar-refractivity contribution in [3.8, 4) is 5.75 Å². The molecule has 182 valence electrons. The molecule has 4 aromatic rings. The summed E-state index contributed by atoms with van der Waals surface area (Å²) in [6, 6.07) is 19.7. The van der Waals surface area contributed by atoms with E-state index in [4.69, 9.17) is 9.84 Å². The number of rotatable bonds is 7.